The van der Waals surface area contributed by atoms with Crippen LogP contribution in [0.4, 0.5) is 22.7 Å². The number of benzene rings is 2. The van der Waals surface area contributed by atoms with Crippen molar-refractivity contribution in [2.45, 2.75) is 6.92 Å². The lowest BCUT2D eigenvalue weighted by molar-refractivity contribution is -0.384. The second kappa shape index (κ2) is 5.80. The van der Waals surface area contributed by atoms with Gasteiger partial charge in [-0.25, -0.2) is 0 Å². The molecule has 0 N–H and O–H groups in total. The van der Waals surface area contributed by atoms with Crippen molar-refractivity contribution < 1.29 is 4.92 Å². The van der Waals surface area contributed by atoms with Crippen LogP contribution >= 0.6 is 0 Å². The predicted molar refractivity (Wildman–Crippen MR) is 77.0 cm³/mol. The summed E-state index contributed by atoms with van der Waals surface area (Å²) in [6.07, 6.45) is 0. The van der Waals surface area contributed by atoms with Gasteiger partial charge in [0.25, 0.3) is 0 Å². The molecule has 0 bridgehead atoms. The first-order valence-corrected chi connectivity index (χ1v) is 6.13. The van der Waals surface area contributed by atoms with Crippen molar-refractivity contribution in [2.75, 3.05) is 11.4 Å². The van der Waals surface area contributed by atoms with E-state index in [2.05, 4.69) is 4.98 Å². The monoisotopic (exact) mass is 269 g/mol. The fourth-order valence-corrected chi connectivity index (χ4v) is 2.05. The molecule has 6 nitrogen and oxygen atoms in total. The number of para-hydroxylation sites is 1. The van der Waals surface area contributed by atoms with Gasteiger partial charge >= 0.3 is 11.4 Å². The van der Waals surface area contributed by atoms with Crippen LogP contribution in [0.2, 0.25) is 0 Å². The zero-order valence-electron chi connectivity index (χ0n) is 10.9. The Morgan fingerprint density at radius 2 is 1.95 bits per heavy atom. The van der Waals surface area contributed by atoms with E-state index in [4.69, 9.17) is 5.39 Å². The smallest absolute Gasteiger partial charge is 0.336 e. The molecule has 0 aliphatic heterocycles. The van der Waals surface area contributed by atoms with Crippen LogP contribution in [0.5, 0.6) is 0 Å². The van der Waals surface area contributed by atoms with Gasteiger partial charge in [-0.2, -0.15) is 0 Å². The Balaban J connectivity index is 2.56. The first kappa shape index (κ1) is 13.5. The summed E-state index contributed by atoms with van der Waals surface area (Å²) in [4.78, 5) is 15.5. The van der Waals surface area contributed by atoms with Crippen molar-refractivity contribution in [1.29, 1.82) is 5.39 Å². The van der Waals surface area contributed by atoms with Crippen LogP contribution in [0.25, 0.3) is 4.98 Å². The maximum absolute atomic E-state index is 11.2. The molecule has 6 heteroatoms. The largest absolute Gasteiger partial charge is 0.392 e. The summed E-state index contributed by atoms with van der Waals surface area (Å²) in [5, 5.41) is 19.9. The fraction of sp³-hybridized carbons (Fsp3) is 0.143. The Labute approximate surface area is 116 Å². The molecule has 0 heterocycles. The number of nitro groups is 1. The molecule has 0 aromatic heterocycles. The van der Waals surface area contributed by atoms with Crippen LogP contribution in [0.3, 0.4) is 0 Å². The molecular weight excluding hydrogens is 256 g/mol. The fourth-order valence-electron chi connectivity index (χ4n) is 2.05. The van der Waals surface area contributed by atoms with Gasteiger partial charge in [-0.05, 0) is 25.1 Å². The zero-order chi connectivity index (χ0) is 14.5. The van der Waals surface area contributed by atoms with Crippen molar-refractivity contribution in [2.24, 2.45) is 0 Å². The summed E-state index contributed by atoms with van der Waals surface area (Å²) in [5.74, 6) is 0. The Morgan fingerprint density at radius 3 is 2.50 bits per heavy atom. The van der Waals surface area contributed by atoms with E-state index in [-0.39, 0.29) is 11.4 Å². The van der Waals surface area contributed by atoms with Gasteiger partial charge in [0.1, 0.15) is 11.8 Å². The van der Waals surface area contributed by atoms with Crippen molar-refractivity contribution in [3.8, 4) is 0 Å². The number of nitro benzene ring substituents is 1. The third kappa shape index (κ3) is 2.57. The molecule has 2 aromatic rings. The molecule has 0 aliphatic carbocycles. The van der Waals surface area contributed by atoms with E-state index in [0.29, 0.717) is 12.2 Å². The Hall–Kier alpha value is -2.94. The third-order valence-electron chi connectivity index (χ3n) is 2.95. The van der Waals surface area contributed by atoms with Crippen LogP contribution in [0, 0.1) is 15.5 Å². The van der Waals surface area contributed by atoms with E-state index in [9.17, 15) is 10.1 Å². The lowest BCUT2D eigenvalue weighted by Crippen LogP contribution is -2.17. The van der Waals surface area contributed by atoms with Crippen LogP contribution in [-0.4, -0.2) is 11.5 Å². The predicted octanol–water partition coefficient (Wildman–Crippen LogP) is 4.24. The number of rotatable bonds is 4. The molecule has 0 unspecified atom stereocenters. The zero-order valence-corrected chi connectivity index (χ0v) is 10.9. The van der Waals surface area contributed by atoms with Crippen molar-refractivity contribution in [3.63, 3.8) is 0 Å². The summed E-state index contributed by atoms with van der Waals surface area (Å²) in [6, 6.07) is 13.8. The molecule has 0 atom stereocenters. The van der Waals surface area contributed by atoms with E-state index >= 15 is 0 Å². The highest BCUT2D eigenvalue weighted by molar-refractivity contribution is 5.75. The maximum Gasteiger partial charge on any atom is 0.392 e. The standard InChI is InChI=1S/C14H13N4O2/c1-2-17(12-6-4-3-5-7-12)13-9-8-11(16-15)10-14(13)18(19)20/h3-10H,2H2,1H3/q+1. The first-order valence-electron chi connectivity index (χ1n) is 6.13. The molecule has 0 radical (unpaired) electrons. The average molecular weight is 269 g/mol. The lowest BCUT2D eigenvalue weighted by atomic mass is 10.2. The second-order valence-electron chi connectivity index (χ2n) is 4.11. The Bertz CT molecular complexity index is 665. The van der Waals surface area contributed by atoms with Crippen molar-refractivity contribution in [3.05, 3.63) is 63.6 Å². The number of hydrogen-bond donors (Lipinski definition) is 0. The van der Waals surface area contributed by atoms with E-state index < -0.39 is 4.92 Å². The molecule has 2 aromatic carbocycles. The summed E-state index contributed by atoms with van der Waals surface area (Å²) in [7, 11) is 0. The van der Waals surface area contributed by atoms with Gasteiger partial charge in [-0.3, -0.25) is 10.1 Å². The van der Waals surface area contributed by atoms with Crippen LogP contribution in [-0.2, 0) is 0 Å². The van der Waals surface area contributed by atoms with Crippen molar-refractivity contribution in [1.82, 2.24) is 0 Å². The van der Waals surface area contributed by atoms with Gasteiger partial charge in [0.05, 0.1) is 4.92 Å². The number of hydrogen-bond acceptors (Lipinski definition) is 4. The SMILES string of the molecule is CCN(c1ccccc1)c1ccc([N+]#N)cc1[N+](=O)[O-]. The normalized spacial score (nSPS) is 9.80. The van der Waals surface area contributed by atoms with Gasteiger partial charge < -0.3 is 4.90 Å². The molecule has 0 aliphatic rings. The summed E-state index contributed by atoms with van der Waals surface area (Å²) >= 11 is 0. The van der Waals surface area contributed by atoms with Gasteiger partial charge in [-0.15, -0.1) is 0 Å². The second-order valence-corrected chi connectivity index (χ2v) is 4.11. The highest BCUT2D eigenvalue weighted by Gasteiger charge is 2.23. The Kier molecular flexibility index (Phi) is 3.91. The summed E-state index contributed by atoms with van der Waals surface area (Å²) in [6.45, 7) is 2.50. The van der Waals surface area contributed by atoms with E-state index in [0.717, 1.165) is 5.69 Å². The maximum atomic E-state index is 11.2. The minimum absolute atomic E-state index is 0.0917. The molecule has 0 fully saturated rings. The van der Waals surface area contributed by atoms with Crippen LogP contribution in [0.15, 0.2) is 48.5 Å². The van der Waals surface area contributed by atoms with E-state index in [1.165, 1.54) is 12.1 Å². The summed E-state index contributed by atoms with van der Waals surface area (Å²) < 4.78 is 0. The van der Waals surface area contributed by atoms with Crippen LogP contribution < -0.4 is 4.90 Å². The summed E-state index contributed by atoms with van der Waals surface area (Å²) in [5.41, 5.74) is 1.40. The van der Waals surface area contributed by atoms with Crippen molar-refractivity contribution >= 4 is 22.7 Å². The van der Waals surface area contributed by atoms with E-state index in [1.54, 1.807) is 6.07 Å². The Morgan fingerprint density at radius 1 is 1.25 bits per heavy atom. The highest BCUT2D eigenvalue weighted by atomic mass is 16.6. The highest BCUT2D eigenvalue weighted by Crippen LogP contribution is 2.36. The van der Waals surface area contributed by atoms with Crippen LogP contribution in [0.1, 0.15) is 6.92 Å². The molecule has 100 valence electrons. The molecule has 0 saturated heterocycles. The molecule has 0 saturated carbocycles. The quantitative estimate of drug-likeness (QED) is 0.472. The lowest BCUT2D eigenvalue weighted by Gasteiger charge is -2.22. The number of anilines is 2. The average Bonchev–Trinajstić information content (AvgIpc) is 2.49. The minimum Gasteiger partial charge on any atom is -0.336 e. The number of diazo groups is 1. The third-order valence-corrected chi connectivity index (χ3v) is 2.95. The molecule has 0 amide bonds. The first-order chi connectivity index (χ1) is 9.67. The molecule has 20 heavy (non-hydrogen) atoms. The molecule has 0 spiro atoms. The topological polar surface area (TPSA) is 74.5 Å². The number of nitrogens with zero attached hydrogens (tertiary/aromatic N) is 4. The van der Waals surface area contributed by atoms with Gasteiger partial charge in [-0.1, -0.05) is 18.2 Å². The minimum atomic E-state index is -0.477. The van der Waals surface area contributed by atoms with Gasteiger partial charge in [0.15, 0.2) is 4.98 Å². The molecular formula is C14H13N4O2+. The van der Waals surface area contributed by atoms with Gasteiger partial charge in [0.2, 0.25) is 5.39 Å². The molecule has 2 rings (SSSR count). The van der Waals surface area contributed by atoms with E-state index in [1.807, 2.05) is 42.2 Å². The van der Waals surface area contributed by atoms with Gasteiger partial charge in [0, 0.05) is 18.3 Å².